The van der Waals surface area contributed by atoms with E-state index in [1.807, 2.05) is 36.4 Å². The van der Waals surface area contributed by atoms with Crippen LogP contribution >= 0.6 is 11.3 Å². The Balaban J connectivity index is 1.11. The first-order chi connectivity index (χ1) is 20.4. The van der Waals surface area contributed by atoms with Crippen LogP contribution in [0.4, 0.5) is 5.13 Å². The molecule has 218 valence electrons. The Morgan fingerprint density at radius 3 is 2.55 bits per heavy atom. The third-order valence-electron chi connectivity index (χ3n) is 8.94. The van der Waals surface area contributed by atoms with Gasteiger partial charge in [-0.1, -0.05) is 49.2 Å². The number of rotatable bonds is 8. The fourth-order valence-electron chi connectivity index (χ4n) is 6.35. The van der Waals surface area contributed by atoms with E-state index in [9.17, 15) is 13.2 Å². The molecular formula is C31H34N6O3S2. The molecule has 3 aliphatic rings. The Morgan fingerprint density at radius 2 is 1.81 bits per heavy atom. The molecule has 42 heavy (non-hydrogen) atoms. The summed E-state index contributed by atoms with van der Waals surface area (Å²) in [4.78, 5) is 28.3. The minimum absolute atomic E-state index is 0.0352. The van der Waals surface area contributed by atoms with Gasteiger partial charge >= 0.3 is 0 Å². The Kier molecular flexibility index (Phi) is 7.29. The van der Waals surface area contributed by atoms with Crippen LogP contribution in [0, 0.1) is 5.92 Å². The lowest BCUT2D eigenvalue weighted by atomic mass is 9.87. The zero-order valence-electron chi connectivity index (χ0n) is 23.3. The predicted molar refractivity (Wildman–Crippen MR) is 164 cm³/mol. The topological polar surface area (TPSA) is 117 Å². The first-order valence-corrected chi connectivity index (χ1v) is 17.0. The smallest absolute Gasteiger partial charge is 0.243 e. The van der Waals surface area contributed by atoms with Crippen molar-refractivity contribution in [3.63, 3.8) is 0 Å². The number of piperazine rings is 1. The van der Waals surface area contributed by atoms with Crippen LogP contribution < -0.4 is 10.6 Å². The molecule has 4 heterocycles. The largest absolute Gasteiger partial charge is 0.309 e. The number of fused-ring (bicyclic) bond motifs is 1. The second-order valence-electron chi connectivity index (χ2n) is 11.8. The van der Waals surface area contributed by atoms with E-state index in [1.165, 1.54) is 24.2 Å². The summed E-state index contributed by atoms with van der Waals surface area (Å²) in [7, 11) is -3.59. The van der Waals surface area contributed by atoms with Gasteiger partial charge in [-0.25, -0.2) is 18.4 Å². The van der Waals surface area contributed by atoms with Gasteiger partial charge in [0.2, 0.25) is 15.9 Å². The van der Waals surface area contributed by atoms with Crippen LogP contribution in [0.25, 0.3) is 21.6 Å². The summed E-state index contributed by atoms with van der Waals surface area (Å²) in [5, 5.41) is 7.04. The van der Waals surface area contributed by atoms with E-state index < -0.39 is 15.9 Å². The number of anilines is 1. The van der Waals surface area contributed by atoms with Crippen LogP contribution in [-0.4, -0.2) is 58.8 Å². The van der Waals surface area contributed by atoms with Gasteiger partial charge in [0.05, 0.1) is 16.5 Å². The number of sulfonamides is 1. The van der Waals surface area contributed by atoms with Crippen molar-refractivity contribution in [2.45, 2.75) is 61.3 Å². The monoisotopic (exact) mass is 602 g/mol. The van der Waals surface area contributed by atoms with Crippen molar-refractivity contribution in [3.05, 3.63) is 66.5 Å². The maximum absolute atomic E-state index is 13.8. The molecule has 11 heteroatoms. The lowest BCUT2D eigenvalue weighted by Crippen LogP contribution is -2.54. The SMILES string of the molecule is O=C(Nc1nc2ccc(-c3ccncc3)nc2s1)C(CC1CCCC1)c1ccc(S(=O)(=O)N2CCNC3(CC3)C2)cc1. The minimum Gasteiger partial charge on any atom is -0.309 e. The first kappa shape index (κ1) is 27.6. The molecule has 1 aromatic carbocycles. The maximum Gasteiger partial charge on any atom is 0.243 e. The molecule has 1 saturated heterocycles. The zero-order chi connectivity index (χ0) is 28.7. The number of hydrogen-bond donors (Lipinski definition) is 2. The van der Waals surface area contributed by atoms with Crippen LogP contribution in [0.15, 0.2) is 65.8 Å². The van der Waals surface area contributed by atoms with Gasteiger partial charge in [0, 0.05) is 43.1 Å². The van der Waals surface area contributed by atoms with Crippen LogP contribution in [0.5, 0.6) is 0 Å². The number of carbonyl (C=O) groups excluding carboxylic acids is 1. The van der Waals surface area contributed by atoms with Gasteiger partial charge in [-0.05, 0) is 67.1 Å². The van der Waals surface area contributed by atoms with E-state index >= 15 is 0 Å². The number of hydrogen-bond acceptors (Lipinski definition) is 8. The molecule has 1 unspecified atom stereocenters. The molecule has 4 aromatic rings. The summed E-state index contributed by atoms with van der Waals surface area (Å²) in [6.45, 7) is 1.66. The van der Waals surface area contributed by atoms with Crippen LogP contribution in [0.3, 0.4) is 0 Å². The first-order valence-electron chi connectivity index (χ1n) is 14.7. The van der Waals surface area contributed by atoms with Gasteiger partial charge in [0.25, 0.3) is 0 Å². The normalized spacial score (nSPS) is 19.7. The van der Waals surface area contributed by atoms with Crippen molar-refractivity contribution in [2.24, 2.45) is 5.92 Å². The summed E-state index contributed by atoms with van der Waals surface area (Å²) >= 11 is 1.36. The lowest BCUT2D eigenvalue weighted by Gasteiger charge is -2.33. The Morgan fingerprint density at radius 1 is 1.05 bits per heavy atom. The minimum atomic E-state index is -3.59. The Hall–Kier alpha value is -3.25. The number of amides is 1. The summed E-state index contributed by atoms with van der Waals surface area (Å²) in [6.07, 6.45) is 10.8. The lowest BCUT2D eigenvalue weighted by molar-refractivity contribution is -0.118. The standard InChI is InChI=1S/C31H34N6O3S2/c38-28(36-30-35-27-10-9-26(34-29(27)41-30)23-11-15-32-16-12-23)25(19-21-3-1-2-4-21)22-5-7-24(8-6-22)42(39,40)37-18-17-33-31(20-37)13-14-31/h5-12,15-16,21,25,33H,1-4,13-14,17-20H2,(H,35,36,38). The molecule has 2 saturated carbocycles. The summed E-state index contributed by atoms with van der Waals surface area (Å²) < 4.78 is 28.5. The van der Waals surface area contributed by atoms with Crippen molar-refractivity contribution in [3.8, 4) is 11.3 Å². The number of pyridine rings is 2. The van der Waals surface area contributed by atoms with Gasteiger partial charge in [-0.3, -0.25) is 9.78 Å². The molecule has 7 rings (SSSR count). The number of nitrogens with one attached hydrogen (secondary N) is 2. The average molecular weight is 603 g/mol. The summed E-state index contributed by atoms with van der Waals surface area (Å²) in [5.74, 6) is -0.0467. The maximum atomic E-state index is 13.8. The fourth-order valence-corrected chi connectivity index (χ4v) is 8.72. The quantitative estimate of drug-likeness (QED) is 0.285. The molecule has 2 aliphatic carbocycles. The van der Waals surface area contributed by atoms with Gasteiger partial charge in [-0.15, -0.1) is 0 Å². The van der Waals surface area contributed by atoms with E-state index in [2.05, 4.69) is 20.6 Å². The highest BCUT2D eigenvalue weighted by atomic mass is 32.2. The average Bonchev–Trinajstić information content (AvgIpc) is 3.37. The molecule has 1 spiro atoms. The summed E-state index contributed by atoms with van der Waals surface area (Å²) in [6, 6.07) is 14.6. The molecular weight excluding hydrogens is 569 g/mol. The van der Waals surface area contributed by atoms with Crippen molar-refractivity contribution in [1.82, 2.24) is 24.6 Å². The highest BCUT2D eigenvalue weighted by Gasteiger charge is 2.48. The van der Waals surface area contributed by atoms with Crippen LogP contribution in [0.1, 0.15) is 56.4 Å². The van der Waals surface area contributed by atoms with Crippen LogP contribution in [-0.2, 0) is 14.8 Å². The van der Waals surface area contributed by atoms with Gasteiger partial charge in [0.15, 0.2) is 5.13 Å². The fraction of sp³-hybridized carbons (Fsp3) is 0.419. The summed E-state index contributed by atoms with van der Waals surface area (Å²) in [5.41, 5.74) is 3.32. The number of carbonyl (C=O) groups is 1. The van der Waals surface area contributed by atoms with E-state index in [-0.39, 0.29) is 16.3 Å². The highest BCUT2D eigenvalue weighted by Crippen LogP contribution is 2.39. The molecule has 1 atom stereocenters. The van der Waals surface area contributed by atoms with E-state index in [0.717, 1.165) is 59.3 Å². The molecule has 3 fully saturated rings. The van der Waals surface area contributed by atoms with Crippen molar-refractivity contribution in [1.29, 1.82) is 0 Å². The van der Waals surface area contributed by atoms with Crippen molar-refractivity contribution in [2.75, 3.05) is 25.0 Å². The third-order valence-corrected chi connectivity index (χ3v) is 11.7. The van der Waals surface area contributed by atoms with Crippen molar-refractivity contribution >= 4 is 42.7 Å². The van der Waals surface area contributed by atoms with Crippen molar-refractivity contribution < 1.29 is 13.2 Å². The number of nitrogens with zero attached hydrogens (tertiary/aromatic N) is 4. The molecule has 0 bridgehead atoms. The van der Waals surface area contributed by atoms with E-state index in [0.29, 0.717) is 30.7 Å². The zero-order valence-corrected chi connectivity index (χ0v) is 25.0. The molecule has 0 radical (unpaired) electrons. The van der Waals surface area contributed by atoms with Crippen LogP contribution in [0.2, 0.25) is 0 Å². The number of thiazole rings is 1. The molecule has 3 aromatic heterocycles. The van der Waals surface area contributed by atoms with E-state index in [1.54, 1.807) is 28.8 Å². The number of aromatic nitrogens is 3. The molecule has 1 aliphatic heterocycles. The number of benzene rings is 1. The van der Waals surface area contributed by atoms with Gasteiger partial charge in [0.1, 0.15) is 10.3 Å². The Bertz CT molecular complexity index is 1700. The second kappa shape index (κ2) is 11.1. The Labute approximate surface area is 249 Å². The molecule has 9 nitrogen and oxygen atoms in total. The van der Waals surface area contributed by atoms with E-state index in [4.69, 9.17) is 4.98 Å². The third kappa shape index (κ3) is 5.58. The molecule has 2 N–H and O–H groups in total. The van der Waals surface area contributed by atoms with Gasteiger partial charge in [-0.2, -0.15) is 4.31 Å². The second-order valence-corrected chi connectivity index (χ2v) is 14.7. The highest BCUT2D eigenvalue weighted by molar-refractivity contribution is 7.89. The predicted octanol–water partition coefficient (Wildman–Crippen LogP) is 5.18. The molecule has 1 amide bonds. The van der Waals surface area contributed by atoms with Gasteiger partial charge < -0.3 is 10.6 Å².